The number of nitrogens with zero attached hydrogens (tertiary/aromatic N) is 3. The second-order valence-electron chi connectivity index (χ2n) is 9.18. The molecule has 1 saturated carbocycles. The van der Waals surface area contributed by atoms with Gasteiger partial charge in [-0.3, -0.25) is 9.80 Å². The van der Waals surface area contributed by atoms with Gasteiger partial charge in [0.15, 0.2) is 5.71 Å². The summed E-state index contributed by atoms with van der Waals surface area (Å²) >= 11 is 0. The Bertz CT molecular complexity index is 378. The Morgan fingerprint density at radius 1 is 0.542 bits per heavy atom. The van der Waals surface area contributed by atoms with Crippen molar-refractivity contribution in [2.75, 3.05) is 0 Å². The quantitative estimate of drug-likeness (QED) is 0.612. The van der Waals surface area contributed by atoms with Crippen molar-refractivity contribution in [1.82, 2.24) is 9.80 Å². The summed E-state index contributed by atoms with van der Waals surface area (Å²) in [7, 11) is 0. The molecule has 142 valence electrons. The third kappa shape index (κ3) is 4.40. The van der Waals surface area contributed by atoms with E-state index in [4.69, 9.17) is 0 Å². The molecule has 3 nitrogen and oxygen atoms in total. The van der Waals surface area contributed by atoms with E-state index in [-0.39, 0.29) is 0 Å². The van der Waals surface area contributed by atoms with Crippen LogP contribution in [0.4, 0.5) is 0 Å². The molecule has 1 aliphatic carbocycles. The minimum atomic E-state index is 0.551. The van der Waals surface area contributed by atoms with E-state index in [1.54, 1.807) is 5.71 Å². The molecule has 0 radical (unpaired) electrons. The van der Waals surface area contributed by atoms with Gasteiger partial charge in [0.1, 0.15) is 24.2 Å². The second kappa shape index (κ2) is 8.31. The molecule has 1 aliphatic rings. The number of rotatable bonds is 8. The van der Waals surface area contributed by atoms with Crippen molar-refractivity contribution in [3.63, 3.8) is 0 Å². The average molecular weight is 339 g/mol. The molecule has 0 amide bonds. The van der Waals surface area contributed by atoms with Crippen molar-refractivity contribution < 1.29 is 4.58 Å². The fourth-order valence-corrected chi connectivity index (χ4v) is 4.83. The average Bonchev–Trinajstić information content (AvgIpc) is 3.00. The molecule has 0 bridgehead atoms. The van der Waals surface area contributed by atoms with Gasteiger partial charge in [-0.15, -0.1) is 0 Å². The Balaban J connectivity index is 3.43. The molecule has 2 atom stereocenters. The summed E-state index contributed by atoms with van der Waals surface area (Å²) in [5, 5.41) is 0. The second-order valence-corrected chi connectivity index (χ2v) is 9.18. The minimum absolute atomic E-state index is 0.551. The van der Waals surface area contributed by atoms with Gasteiger partial charge in [-0.25, -0.2) is 4.58 Å². The third-order valence-electron chi connectivity index (χ3n) is 5.23. The van der Waals surface area contributed by atoms with Crippen LogP contribution in [-0.4, -0.2) is 68.4 Å². The zero-order valence-electron chi connectivity index (χ0n) is 18.5. The van der Waals surface area contributed by atoms with Gasteiger partial charge in [0, 0.05) is 24.2 Å². The van der Waals surface area contributed by atoms with Crippen LogP contribution < -0.4 is 0 Å². The molecular weight excluding hydrogens is 294 g/mol. The molecule has 0 N–H and O–H groups in total. The van der Waals surface area contributed by atoms with Crippen LogP contribution in [0.3, 0.4) is 0 Å². The standard InChI is InChI=1S/C21H44N3/c1-13(2)22(14(3)4)19-20(23(15(5)6)16(7)8)21(19)24(17(9)10)18(11)12/h13-20H,1-12H3/q+1. The summed E-state index contributed by atoms with van der Waals surface area (Å²) in [4.78, 5) is 5.44. The predicted octanol–water partition coefficient (Wildman–Crippen LogP) is 4.25. The van der Waals surface area contributed by atoms with E-state index in [2.05, 4.69) is 97.5 Å². The Hall–Kier alpha value is -0.410. The maximum Gasteiger partial charge on any atom is 0.191 e. The molecule has 0 heterocycles. The van der Waals surface area contributed by atoms with E-state index in [9.17, 15) is 0 Å². The van der Waals surface area contributed by atoms with Crippen LogP contribution in [0.1, 0.15) is 83.1 Å². The highest BCUT2D eigenvalue weighted by Gasteiger charge is 2.62. The van der Waals surface area contributed by atoms with E-state index in [1.165, 1.54) is 0 Å². The first kappa shape index (κ1) is 21.6. The molecule has 0 aromatic heterocycles. The predicted molar refractivity (Wildman–Crippen MR) is 107 cm³/mol. The topological polar surface area (TPSA) is 9.49 Å². The lowest BCUT2D eigenvalue weighted by molar-refractivity contribution is -0.586. The Morgan fingerprint density at radius 2 is 0.792 bits per heavy atom. The lowest BCUT2D eigenvalue weighted by Crippen LogP contribution is -2.46. The highest BCUT2D eigenvalue weighted by molar-refractivity contribution is 6.08. The van der Waals surface area contributed by atoms with Crippen molar-refractivity contribution in [3.05, 3.63) is 0 Å². The van der Waals surface area contributed by atoms with Gasteiger partial charge in [0.2, 0.25) is 0 Å². The molecule has 1 fully saturated rings. The summed E-state index contributed by atoms with van der Waals surface area (Å²) in [5.41, 5.74) is 1.64. The lowest BCUT2D eigenvalue weighted by Gasteiger charge is -2.33. The fourth-order valence-electron chi connectivity index (χ4n) is 4.83. The molecule has 0 saturated heterocycles. The summed E-state index contributed by atoms with van der Waals surface area (Å²) in [6.45, 7) is 28.1. The molecule has 24 heavy (non-hydrogen) atoms. The fraction of sp³-hybridized carbons (Fsp3) is 0.952. The van der Waals surface area contributed by atoms with Crippen LogP contribution >= 0.6 is 0 Å². The zero-order valence-corrected chi connectivity index (χ0v) is 18.5. The van der Waals surface area contributed by atoms with Gasteiger partial charge in [0.25, 0.3) is 0 Å². The van der Waals surface area contributed by atoms with Crippen molar-refractivity contribution in [3.8, 4) is 0 Å². The molecule has 2 unspecified atom stereocenters. The Kier molecular flexibility index (Phi) is 7.49. The highest BCUT2D eigenvalue weighted by Crippen LogP contribution is 2.36. The maximum atomic E-state index is 2.72. The van der Waals surface area contributed by atoms with E-state index < -0.39 is 0 Å². The van der Waals surface area contributed by atoms with Crippen LogP contribution in [0, 0.1) is 0 Å². The first-order chi connectivity index (χ1) is 10.9. The maximum absolute atomic E-state index is 2.72. The third-order valence-corrected chi connectivity index (χ3v) is 5.23. The molecule has 3 heteroatoms. The normalized spacial score (nSPS) is 21.8. The van der Waals surface area contributed by atoms with Gasteiger partial charge >= 0.3 is 0 Å². The van der Waals surface area contributed by atoms with Gasteiger partial charge in [-0.05, 0) is 83.1 Å². The van der Waals surface area contributed by atoms with Gasteiger partial charge in [0.05, 0.1) is 0 Å². The van der Waals surface area contributed by atoms with Crippen LogP contribution in [-0.2, 0) is 0 Å². The molecule has 0 aromatic rings. The van der Waals surface area contributed by atoms with Crippen molar-refractivity contribution in [2.24, 2.45) is 0 Å². The highest BCUT2D eigenvalue weighted by atomic mass is 15.4. The Morgan fingerprint density at radius 3 is 0.958 bits per heavy atom. The van der Waals surface area contributed by atoms with Crippen LogP contribution in [0.25, 0.3) is 0 Å². The van der Waals surface area contributed by atoms with Crippen molar-refractivity contribution in [1.29, 1.82) is 0 Å². The smallest absolute Gasteiger partial charge is 0.191 e. The first-order valence-electron chi connectivity index (χ1n) is 10.1. The van der Waals surface area contributed by atoms with Gasteiger partial charge < -0.3 is 0 Å². The molecule has 0 aromatic carbocycles. The summed E-state index contributed by atoms with van der Waals surface area (Å²) in [5.74, 6) is 0. The van der Waals surface area contributed by atoms with Gasteiger partial charge in [-0.1, -0.05) is 0 Å². The molecule has 1 rings (SSSR count). The lowest BCUT2D eigenvalue weighted by atomic mass is 10.2. The summed E-state index contributed by atoms with van der Waals surface area (Å²) < 4.78 is 2.67. The zero-order chi connectivity index (χ0) is 18.9. The molecule has 0 spiro atoms. The van der Waals surface area contributed by atoms with E-state index >= 15 is 0 Å². The summed E-state index contributed by atoms with van der Waals surface area (Å²) in [6.07, 6.45) is 0. The summed E-state index contributed by atoms with van der Waals surface area (Å²) in [6, 6.07) is 4.48. The van der Waals surface area contributed by atoms with Crippen molar-refractivity contribution >= 4 is 5.71 Å². The number of hydrogen-bond donors (Lipinski definition) is 0. The Labute approximate surface area is 152 Å². The van der Waals surface area contributed by atoms with Crippen LogP contribution in [0.2, 0.25) is 0 Å². The molecule has 0 aliphatic heterocycles. The van der Waals surface area contributed by atoms with Crippen LogP contribution in [0.15, 0.2) is 0 Å². The molecular formula is C21H44N3+. The SMILES string of the molecule is CC(C)N(C(C)C)C1C(=[N+](C(C)C)C(C)C)C1N(C(C)C)C(C)C. The van der Waals surface area contributed by atoms with E-state index in [0.717, 1.165) is 0 Å². The van der Waals surface area contributed by atoms with E-state index in [1.807, 2.05) is 0 Å². The minimum Gasteiger partial charge on any atom is -0.285 e. The van der Waals surface area contributed by atoms with Crippen LogP contribution in [0.5, 0.6) is 0 Å². The van der Waals surface area contributed by atoms with Crippen molar-refractivity contribution in [2.45, 2.75) is 131 Å². The largest absolute Gasteiger partial charge is 0.285 e. The first-order valence-corrected chi connectivity index (χ1v) is 10.1. The monoisotopic (exact) mass is 338 g/mol. The van der Waals surface area contributed by atoms with Gasteiger partial charge in [-0.2, -0.15) is 0 Å². The van der Waals surface area contributed by atoms with E-state index in [0.29, 0.717) is 48.3 Å². The number of hydrogen-bond acceptors (Lipinski definition) is 2.